The number of carboxylic acid groups (broad SMARTS) is 1. The van der Waals surface area contributed by atoms with Crippen molar-refractivity contribution in [2.45, 2.75) is 12.8 Å². The molecule has 1 aliphatic heterocycles. The molecule has 1 aliphatic rings. The summed E-state index contributed by atoms with van der Waals surface area (Å²) in [5.41, 5.74) is -0.253. The smallest absolute Gasteiger partial charge is 0.335 e. The molecule has 0 bridgehead atoms. The van der Waals surface area contributed by atoms with Gasteiger partial charge in [0.2, 0.25) is 5.91 Å². The van der Waals surface area contributed by atoms with E-state index in [1.807, 2.05) is 0 Å². The zero-order valence-corrected chi connectivity index (χ0v) is 11.1. The van der Waals surface area contributed by atoms with Gasteiger partial charge in [-0.3, -0.25) is 9.59 Å². The van der Waals surface area contributed by atoms with Crippen LogP contribution in [0.5, 0.6) is 0 Å². The van der Waals surface area contributed by atoms with Crippen LogP contribution in [-0.2, 0) is 9.59 Å². The summed E-state index contributed by atoms with van der Waals surface area (Å²) in [5.74, 6) is -2.95. The number of hydrogen-bond acceptors (Lipinski definition) is 4. The average molecular weight is 293 g/mol. The van der Waals surface area contributed by atoms with Gasteiger partial charge in [0, 0.05) is 19.9 Å². The van der Waals surface area contributed by atoms with E-state index in [9.17, 15) is 18.8 Å². The maximum Gasteiger partial charge on any atom is 0.335 e. The van der Waals surface area contributed by atoms with Crippen molar-refractivity contribution in [3.8, 4) is 0 Å². The summed E-state index contributed by atoms with van der Waals surface area (Å²) < 4.78 is 13.7. The predicted molar refractivity (Wildman–Crippen MR) is 71.4 cm³/mol. The van der Waals surface area contributed by atoms with Gasteiger partial charge in [-0.25, -0.2) is 14.2 Å². The minimum atomic E-state index is -1.26. The van der Waals surface area contributed by atoms with Crippen molar-refractivity contribution >= 4 is 29.2 Å². The van der Waals surface area contributed by atoms with Crippen LogP contribution in [0, 0.1) is 5.82 Å². The summed E-state index contributed by atoms with van der Waals surface area (Å²) in [4.78, 5) is 33.9. The van der Waals surface area contributed by atoms with E-state index in [1.165, 1.54) is 13.1 Å². The van der Waals surface area contributed by atoms with Crippen LogP contribution in [0.25, 0.3) is 0 Å². The number of rotatable bonds is 3. The molecule has 7 nitrogen and oxygen atoms in total. The van der Waals surface area contributed by atoms with Crippen molar-refractivity contribution in [1.82, 2.24) is 5.01 Å². The van der Waals surface area contributed by atoms with Gasteiger partial charge in [0.05, 0.1) is 11.3 Å². The Bertz CT molecular complexity index is 657. The molecule has 1 heterocycles. The molecule has 2 amide bonds. The van der Waals surface area contributed by atoms with Crippen LogP contribution in [0.2, 0.25) is 0 Å². The first-order chi connectivity index (χ1) is 9.88. The van der Waals surface area contributed by atoms with Crippen LogP contribution in [0.3, 0.4) is 0 Å². The molecule has 21 heavy (non-hydrogen) atoms. The van der Waals surface area contributed by atoms with Gasteiger partial charge in [0.25, 0.3) is 5.91 Å². The maximum absolute atomic E-state index is 13.7. The lowest BCUT2D eigenvalue weighted by Crippen LogP contribution is -2.34. The van der Waals surface area contributed by atoms with Crippen molar-refractivity contribution in [1.29, 1.82) is 0 Å². The second-order valence-corrected chi connectivity index (χ2v) is 4.42. The Morgan fingerprint density at radius 1 is 1.38 bits per heavy atom. The third-order valence-electron chi connectivity index (χ3n) is 2.93. The van der Waals surface area contributed by atoms with E-state index >= 15 is 0 Å². The number of amides is 2. The summed E-state index contributed by atoms with van der Waals surface area (Å²) in [6.07, 6.45) is 0.326. The SMILES string of the molecule is CN1N=C(C(=O)Nc2ccc(C(=O)O)cc2F)CCC1=O. The molecular weight excluding hydrogens is 281 g/mol. The van der Waals surface area contributed by atoms with Gasteiger partial charge >= 0.3 is 5.97 Å². The molecule has 0 atom stereocenters. The number of carboxylic acids is 1. The monoisotopic (exact) mass is 293 g/mol. The quantitative estimate of drug-likeness (QED) is 0.870. The molecule has 8 heteroatoms. The lowest BCUT2D eigenvalue weighted by Gasteiger charge is -2.19. The third-order valence-corrected chi connectivity index (χ3v) is 2.93. The Kier molecular flexibility index (Phi) is 3.97. The molecule has 0 unspecified atom stereocenters. The Balaban J connectivity index is 2.15. The van der Waals surface area contributed by atoms with Crippen molar-refractivity contribution in [3.63, 3.8) is 0 Å². The Morgan fingerprint density at radius 3 is 2.67 bits per heavy atom. The molecule has 0 saturated heterocycles. The van der Waals surface area contributed by atoms with Gasteiger partial charge < -0.3 is 10.4 Å². The van der Waals surface area contributed by atoms with E-state index in [0.29, 0.717) is 0 Å². The molecule has 0 radical (unpaired) electrons. The van der Waals surface area contributed by atoms with Crippen molar-refractivity contribution < 1.29 is 23.9 Å². The van der Waals surface area contributed by atoms with Crippen LogP contribution >= 0.6 is 0 Å². The van der Waals surface area contributed by atoms with E-state index in [0.717, 1.165) is 17.1 Å². The lowest BCUT2D eigenvalue weighted by molar-refractivity contribution is -0.130. The van der Waals surface area contributed by atoms with E-state index in [4.69, 9.17) is 5.11 Å². The molecule has 2 rings (SSSR count). The van der Waals surface area contributed by atoms with Crippen LogP contribution < -0.4 is 5.32 Å². The zero-order chi connectivity index (χ0) is 15.6. The van der Waals surface area contributed by atoms with Crippen molar-refractivity contribution in [2.24, 2.45) is 5.10 Å². The summed E-state index contributed by atoms with van der Waals surface area (Å²) in [6, 6.07) is 3.16. The van der Waals surface area contributed by atoms with E-state index in [-0.39, 0.29) is 35.7 Å². The largest absolute Gasteiger partial charge is 0.478 e. The summed E-state index contributed by atoms with van der Waals surface area (Å²) in [7, 11) is 1.43. The summed E-state index contributed by atoms with van der Waals surface area (Å²) in [5, 5.41) is 15.9. The average Bonchev–Trinajstić information content (AvgIpc) is 2.43. The molecule has 1 aromatic carbocycles. The first-order valence-corrected chi connectivity index (χ1v) is 6.06. The molecule has 110 valence electrons. The highest BCUT2D eigenvalue weighted by molar-refractivity contribution is 6.43. The summed E-state index contributed by atoms with van der Waals surface area (Å²) >= 11 is 0. The fourth-order valence-corrected chi connectivity index (χ4v) is 1.78. The first-order valence-electron chi connectivity index (χ1n) is 6.06. The molecule has 1 aromatic rings. The predicted octanol–water partition coefficient (Wildman–Crippen LogP) is 1.07. The van der Waals surface area contributed by atoms with Crippen LogP contribution in [-0.4, -0.2) is 40.7 Å². The molecule has 0 aromatic heterocycles. The maximum atomic E-state index is 13.7. The van der Waals surface area contributed by atoms with E-state index in [1.54, 1.807) is 0 Å². The van der Waals surface area contributed by atoms with Gasteiger partial charge in [0.15, 0.2) is 0 Å². The van der Waals surface area contributed by atoms with Crippen molar-refractivity contribution in [3.05, 3.63) is 29.6 Å². The number of carbonyl (C=O) groups is 3. The Morgan fingerprint density at radius 2 is 2.10 bits per heavy atom. The molecular formula is C13H12FN3O4. The van der Waals surface area contributed by atoms with E-state index in [2.05, 4.69) is 10.4 Å². The number of halogens is 1. The standard InChI is InChI=1S/C13H12FN3O4/c1-17-11(18)5-4-10(16-17)12(19)15-9-3-2-7(13(20)21)6-8(9)14/h2-3,6H,4-5H2,1H3,(H,15,19)(H,20,21). The zero-order valence-electron chi connectivity index (χ0n) is 11.1. The number of benzene rings is 1. The highest BCUT2D eigenvalue weighted by Gasteiger charge is 2.22. The van der Waals surface area contributed by atoms with Crippen LogP contribution in [0.15, 0.2) is 23.3 Å². The number of nitrogens with zero attached hydrogens (tertiary/aromatic N) is 2. The normalized spacial score (nSPS) is 14.7. The number of anilines is 1. The second kappa shape index (κ2) is 5.70. The fraction of sp³-hybridized carbons (Fsp3) is 0.231. The van der Waals surface area contributed by atoms with Crippen molar-refractivity contribution in [2.75, 3.05) is 12.4 Å². The number of aromatic carboxylic acids is 1. The molecule has 0 aliphatic carbocycles. The third kappa shape index (κ3) is 3.22. The molecule has 0 fully saturated rings. The molecule has 0 saturated carbocycles. The molecule has 2 N–H and O–H groups in total. The fourth-order valence-electron chi connectivity index (χ4n) is 1.78. The van der Waals surface area contributed by atoms with Gasteiger partial charge in [-0.2, -0.15) is 5.10 Å². The lowest BCUT2D eigenvalue weighted by atomic mass is 10.1. The Labute approximate surface area is 119 Å². The first kappa shape index (κ1) is 14.6. The van der Waals surface area contributed by atoms with Gasteiger partial charge in [-0.1, -0.05) is 0 Å². The topological polar surface area (TPSA) is 99.1 Å². The van der Waals surface area contributed by atoms with Crippen LogP contribution in [0.1, 0.15) is 23.2 Å². The highest BCUT2D eigenvalue weighted by Crippen LogP contribution is 2.17. The van der Waals surface area contributed by atoms with Gasteiger partial charge in [-0.15, -0.1) is 0 Å². The minimum absolute atomic E-state index is 0.110. The molecule has 0 spiro atoms. The van der Waals surface area contributed by atoms with Crippen LogP contribution in [0.4, 0.5) is 10.1 Å². The minimum Gasteiger partial charge on any atom is -0.478 e. The highest BCUT2D eigenvalue weighted by atomic mass is 19.1. The second-order valence-electron chi connectivity index (χ2n) is 4.42. The van der Waals surface area contributed by atoms with Gasteiger partial charge in [-0.05, 0) is 18.2 Å². The van der Waals surface area contributed by atoms with Gasteiger partial charge in [0.1, 0.15) is 11.5 Å². The Hall–Kier alpha value is -2.77. The number of hydrazone groups is 1. The summed E-state index contributed by atoms with van der Waals surface area (Å²) in [6.45, 7) is 0. The number of nitrogens with one attached hydrogen (secondary N) is 1. The number of carbonyl (C=O) groups excluding carboxylic acids is 2. The number of hydrogen-bond donors (Lipinski definition) is 2. The van der Waals surface area contributed by atoms with E-state index < -0.39 is 17.7 Å².